The van der Waals surface area contributed by atoms with Gasteiger partial charge in [0.2, 0.25) is 0 Å². The minimum atomic E-state index is 0.886. The van der Waals surface area contributed by atoms with E-state index in [1.165, 1.54) is 39.0 Å². The Morgan fingerprint density at radius 2 is 1.59 bits per heavy atom. The van der Waals surface area contributed by atoms with Gasteiger partial charge in [0, 0.05) is 0 Å². The molecule has 39 heavy (non-hydrogen) atoms. The molecule has 192 valence electrons. The monoisotopic (exact) mass is 504 g/mol. The lowest BCUT2D eigenvalue weighted by molar-refractivity contribution is 1.27. The molecule has 0 bridgehead atoms. The molecule has 0 heteroatoms. The summed E-state index contributed by atoms with van der Waals surface area (Å²) in [6, 6.07) is 22.2. The zero-order valence-corrected chi connectivity index (χ0v) is 23.0. The van der Waals surface area contributed by atoms with Crippen LogP contribution in [0.1, 0.15) is 36.1 Å². The van der Waals surface area contributed by atoms with Gasteiger partial charge in [0.1, 0.15) is 0 Å². The molecular formula is C39H36. The zero-order valence-electron chi connectivity index (χ0n) is 23.0. The average molecular weight is 505 g/mol. The van der Waals surface area contributed by atoms with E-state index in [1.807, 2.05) is 25.2 Å². The van der Waals surface area contributed by atoms with E-state index in [1.54, 1.807) is 6.08 Å². The van der Waals surface area contributed by atoms with Crippen LogP contribution in [0, 0.1) is 0 Å². The van der Waals surface area contributed by atoms with Crippen molar-refractivity contribution in [2.45, 2.75) is 20.3 Å². The van der Waals surface area contributed by atoms with E-state index in [0.29, 0.717) is 0 Å². The summed E-state index contributed by atoms with van der Waals surface area (Å²) in [6.07, 6.45) is 25.4. The maximum Gasteiger partial charge on any atom is -0.00882 e. The van der Waals surface area contributed by atoms with Crippen LogP contribution in [0.25, 0.3) is 39.0 Å². The average Bonchev–Trinajstić information content (AvgIpc) is 2.96. The summed E-state index contributed by atoms with van der Waals surface area (Å²) in [5, 5.41) is 0. The molecule has 1 aliphatic carbocycles. The van der Waals surface area contributed by atoms with Crippen molar-refractivity contribution in [3.8, 4) is 22.3 Å². The van der Waals surface area contributed by atoms with Crippen molar-refractivity contribution in [1.82, 2.24) is 0 Å². The molecule has 0 amide bonds. The Bertz CT molecular complexity index is 1570. The second-order valence-electron chi connectivity index (χ2n) is 9.56. The van der Waals surface area contributed by atoms with Crippen LogP contribution < -0.4 is 0 Å². The van der Waals surface area contributed by atoms with E-state index in [4.69, 9.17) is 0 Å². The van der Waals surface area contributed by atoms with Gasteiger partial charge in [-0.25, -0.2) is 0 Å². The molecule has 0 spiro atoms. The molecule has 0 heterocycles. The van der Waals surface area contributed by atoms with Gasteiger partial charge in [-0.1, -0.05) is 129 Å². The highest BCUT2D eigenvalue weighted by atomic mass is 14.2. The molecule has 0 saturated carbocycles. The van der Waals surface area contributed by atoms with Crippen LogP contribution in [-0.2, 0) is 6.42 Å². The summed E-state index contributed by atoms with van der Waals surface area (Å²) in [6.45, 7) is 16.3. The summed E-state index contributed by atoms with van der Waals surface area (Å²) in [5.41, 5.74) is 12.9. The van der Waals surface area contributed by atoms with Crippen molar-refractivity contribution in [1.29, 1.82) is 0 Å². The maximum absolute atomic E-state index is 4.39. The minimum absolute atomic E-state index is 0.886. The van der Waals surface area contributed by atoms with E-state index in [9.17, 15) is 0 Å². The highest BCUT2D eigenvalue weighted by molar-refractivity contribution is 5.90. The number of allylic oxidation sites excluding steroid dienone is 15. The molecule has 0 N–H and O–H groups in total. The van der Waals surface area contributed by atoms with Crippen LogP contribution in [0.5, 0.6) is 0 Å². The third kappa shape index (κ3) is 6.61. The summed E-state index contributed by atoms with van der Waals surface area (Å²) in [5.74, 6) is 0. The number of hydrogen-bond donors (Lipinski definition) is 0. The molecule has 0 aliphatic heterocycles. The fourth-order valence-corrected chi connectivity index (χ4v) is 4.84. The molecule has 3 aromatic rings. The third-order valence-corrected chi connectivity index (χ3v) is 6.85. The molecule has 3 aromatic carbocycles. The molecular weight excluding hydrogens is 468 g/mol. The van der Waals surface area contributed by atoms with E-state index in [2.05, 4.69) is 136 Å². The van der Waals surface area contributed by atoms with Gasteiger partial charge in [0.05, 0.1) is 0 Å². The van der Waals surface area contributed by atoms with Crippen molar-refractivity contribution < 1.29 is 0 Å². The predicted octanol–water partition coefficient (Wildman–Crippen LogP) is 11.0. The van der Waals surface area contributed by atoms with Crippen molar-refractivity contribution in [2.24, 2.45) is 0 Å². The molecule has 0 radical (unpaired) electrons. The highest BCUT2D eigenvalue weighted by Crippen LogP contribution is 2.37. The molecule has 1 aliphatic rings. The SMILES string of the molecule is C=C/C=C\C=C(/C)c1cc(C(/C=C\C)=C/C=C)cc(-c2ccc3c(c2)-c2ccccc2C/C=C\C=C/C3=C)c1. The first-order valence-electron chi connectivity index (χ1n) is 13.4. The molecule has 0 unspecified atom stereocenters. The fourth-order valence-electron chi connectivity index (χ4n) is 4.84. The fraction of sp³-hybridized carbons (Fsp3) is 0.0769. The molecule has 0 atom stereocenters. The number of fused-ring (bicyclic) bond motifs is 3. The van der Waals surface area contributed by atoms with Crippen LogP contribution in [-0.4, -0.2) is 0 Å². The molecule has 0 saturated heterocycles. The Hall–Kier alpha value is -4.68. The largest absolute Gasteiger partial charge is 0.0991 e. The normalized spacial score (nSPS) is 15.6. The van der Waals surface area contributed by atoms with E-state index >= 15 is 0 Å². The number of hydrogen-bond acceptors (Lipinski definition) is 0. The summed E-state index contributed by atoms with van der Waals surface area (Å²) in [4.78, 5) is 0. The number of rotatable bonds is 7. The van der Waals surface area contributed by atoms with Crippen LogP contribution in [0.15, 0.2) is 153 Å². The van der Waals surface area contributed by atoms with Gasteiger partial charge in [-0.3, -0.25) is 0 Å². The Balaban J connectivity index is 1.96. The van der Waals surface area contributed by atoms with Crippen LogP contribution in [0.3, 0.4) is 0 Å². The van der Waals surface area contributed by atoms with Gasteiger partial charge in [-0.15, -0.1) is 0 Å². The standard InChI is InChI=1S/C39H36/c1-6-9-11-18-29(4)34-25-35(31(16-7-2)17-8-3)27-36(26-34)33-23-24-37-30(5)19-12-10-13-20-32-21-14-15-22-38(32)39(37)28-33/h6-19,21-28H,1-2,5,20H2,3-4H3/b11-9-,13-10-,17-8-,19-12-,29-18+,31-16+. The highest BCUT2D eigenvalue weighted by Gasteiger charge is 2.14. The van der Waals surface area contributed by atoms with E-state index in [-0.39, 0.29) is 0 Å². The van der Waals surface area contributed by atoms with E-state index in [0.717, 1.165) is 28.7 Å². The van der Waals surface area contributed by atoms with Gasteiger partial charge in [0.25, 0.3) is 0 Å². The summed E-state index contributed by atoms with van der Waals surface area (Å²) >= 11 is 0. The van der Waals surface area contributed by atoms with Crippen molar-refractivity contribution >= 4 is 16.7 Å². The van der Waals surface area contributed by atoms with Crippen LogP contribution in [0.2, 0.25) is 0 Å². The first kappa shape index (κ1) is 27.4. The Morgan fingerprint density at radius 3 is 2.38 bits per heavy atom. The Morgan fingerprint density at radius 1 is 0.769 bits per heavy atom. The zero-order chi connectivity index (χ0) is 27.6. The van der Waals surface area contributed by atoms with Gasteiger partial charge < -0.3 is 0 Å². The first-order valence-corrected chi connectivity index (χ1v) is 13.4. The van der Waals surface area contributed by atoms with Crippen LogP contribution >= 0.6 is 0 Å². The van der Waals surface area contributed by atoms with Gasteiger partial charge >= 0.3 is 0 Å². The molecule has 0 nitrogen and oxygen atoms in total. The second-order valence-corrected chi connectivity index (χ2v) is 9.56. The van der Waals surface area contributed by atoms with Crippen molar-refractivity contribution in [2.75, 3.05) is 0 Å². The topological polar surface area (TPSA) is 0 Å². The van der Waals surface area contributed by atoms with Crippen molar-refractivity contribution in [3.63, 3.8) is 0 Å². The molecule has 0 fully saturated rings. The Kier molecular flexibility index (Phi) is 9.27. The van der Waals surface area contributed by atoms with Gasteiger partial charge in [-0.05, 0) is 106 Å². The van der Waals surface area contributed by atoms with Crippen molar-refractivity contribution in [3.05, 3.63) is 176 Å². The first-order chi connectivity index (χ1) is 19.0. The van der Waals surface area contributed by atoms with Gasteiger partial charge in [-0.2, -0.15) is 0 Å². The quantitative estimate of drug-likeness (QED) is 0.281. The predicted molar refractivity (Wildman–Crippen MR) is 174 cm³/mol. The third-order valence-electron chi connectivity index (χ3n) is 6.85. The summed E-state index contributed by atoms with van der Waals surface area (Å²) < 4.78 is 0. The summed E-state index contributed by atoms with van der Waals surface area (Å²) in [7, 11) is 0. The minimum Gasteiger partial charge on any atom is -0.0991 e. The van der Waals surface area contributed by atoms with Gasteiger partial charge in [0.15, 0.2) is 0 Å². The second kappa shape index (κ2) is 13.2. The maximum atomic E-state index is 4.39. The lowest BCUT2D eigenvalue weighted by atomic mass is 9.87. The Labute approximate surface area is 234 Å². The number of benzene rings is 3. The molecule has 0 aromatic heterocycles. The van der Waals surface area contributed by atoms with E-state index < -0.39 is 0 Å². The molecule has 4 rings (SSSR count). The lowest BCUT2D eigenvalue weighted by Crippen LogP contribution is -1.95. The van der Waals surface area contributed by atoms with Crippen LogP contribution in [0.4, 0.5) is 0 Å². The lowest BCUT2D eigenvalue weighted by Gasteiger charge is -2.17. The smallest absolute Gasteiger partial charge is 0.00882 e.